The Hall–Kier alpha value is -3.70. The molecule has 1 aliphatic heterocycles. The third-order valence-electron chi connectivity index (χ3n) is 4.72. The molecule has 0 aromatic heterocycles. The zero-order valence-corrected chi connectivity index (χ0v) is 18.6. The lowest BCUT2D eigenvalue weighted by Crippen LogP contribution is -2.27. The van der Waals surface area contributed by atoms with Gasteiger partial charge in [-0.15, -0.1) is 0 Å². The van der Waals surface area contributed by atoms with Crippen molar-refractivity contribution in [2.45, 2.75) is 6.18 Å². The molecule has 0 saturated carbocycles. The standard InChI is InChI=1S/C23H13F3N2O4S2/c24-23(25,26)15-10-11-19(17(13-15)28(30)31)32-18-9-5-4-6-14(18)12-20-21(29)27(22(33)34-20)16-7-2-1-3-8-16/h1-13H/b20-12+. The van der Waals surface area contributed by atoms with Crippen molar-refractivity contribution in [2.75, 3.05) is 4.90 Å². The third kappa shape index (κ3) is 4.80. The lowest BCUT2D eigenvalue weighted by molar-refractivity contribution is -0.385. The fraction of sp³-hybridized carbons (Fsp3) is 0.0435. The first-order valence-electron chi connectivity index (χ1n) is 9.60. The van der Waals surface area contributed by atoms with Crippen molar-refractivity contribution >= 4 is 51.7 Å². The third-order valence-corrected chi connectivity index (χ3v) is 6.02. The summed E-state index contributed by atoms with van der Waals surface area (Å²) in [7, 11) is 0. The van der Waals surface area contributed by atoms with Crippen LogP contribution in [0.5, 0.6) is 11.5 Å². The number of nitro groups is 1. The molecular weight excluding hydrogens is 489 g/mol. The van der Waals surface area contributed by atoms with Crippen LogP contribution in [0.4, 0.5) is 24.5 Å². The summed E-state index contributed by atoms with van der Waals surface area (Å²) >= 11 is 6.43. The first kappa shape index (κ1) is 23.5. The number of benzene rings is 3. The summed E-state index contributed by atoms with van der Waals surface area (Å²) in [5.74, 6) is -0.595. The van der Waals surface area contributed by atoms with Crippen molar-refractivity contribution < 1.29 is 27.6 Å². The molecule has 1 saturated heterocycles. The second-order valence-electron chi connectivity index (χ2n) is 6.93. The van der Waals surface area contributed by atoms with E-state index in [0.717, 1.165) is 17.8 Å². The van der Waals surface area contributed by atoms with E-state index in [1.165, 1.54) is 17.0 Å². The van der Waals surface area contributed by atoms with Crippen LogP contribution in [0.3, 0.4) is 0 Å². The Bertz CT molecular complexity index is 1330. The number of halogens is 3. The van der Waals surface area contributed by atoms with Crippen LogP contribution in [-0.4, -0.2) is 15.2 Å². The van der Waals surface area contributed by atoms with Crippen LogP contribution in [0, 0.1) is 10.1 Å². The van der Waals surface area contributed by atoms with Gasteiger partial charge < -0.3 is 4.74 Å². The van der Waals surface area contributed by atoms with E-state index in [0.29, 0.717) is 32.6 Å². The minimum Gasteiger partial charge on any atom is -0.449 e. The molecule has 3 aromatic rings. The van der Waals surface area contributed by atoms with Crippen molar-refractivity contribution in [1.82, 2.24) is 0 Å². The zero-order chi connectivity index (χ0) is 24.5. The molecule has 4 rings (SSSR count). The molecule has 1 aliphatic rings. The highest BCUT2D eigenvalue weighted by Gasteiger charge is 2.34. The van der Waals surface area contributed by atoms with Gasteiger partial charge >= 0.3 is 11.9 Å². The molecule has 0 aliphatic carbocycles. The second kappa shape index (κ2) is 9.27. The summed E-state index contributed by atoms with van der Waals surface area (Å²) in [6, 6.07) is 17.2. The normalized spacial score (nSPS) is 15.1. The first-order valence-corrected chi connectivity index (χ1v) is 10.8. The smallest absolute Gasteiger partial charge is 0.416 e. The number of rotatable bonds is 5. The molecule has 1 fully saturated rings. The highest BCUT2D eigenvalue weighted by Crippen LogP contribution is 2.40. The van der Waals surface area contributed by atoms with Crippen molar-refractivity contribution in [2.24, 2.45) is 0 Å². The van der Waals surface area contributed by atoms with Crippen LogP contribution in [0.15, 0.2) is 77.7 Å². The summed E-state index contributed by atoms with van der Waals surface area (Å²) < 4.78 is 44.9. The molecular formula is C23H13F3N2O4S2. The van der Waals surface area contributed by atoms with E-state index >= 15 is 0 Å². The number of ether oxygens (including phenoxy) is 1. The van der Waals surface area contributed by atoms with Crippen LogP contribution < -0.4 is 9.64 Å². The Kier molecular flexibility index (Phi) is 6.40. The van der Waals surface area contributed by atoms with E-state index in [1.54, 1.807) is 42.5 Å². The summed E-state index contributed by atoms with van der Waals surface area (Å²) in [6.07, 6.45) is -3.22. The number of amides is 1. The largest absolute Gasteiger partial charge is 0.449 e. The van der Waals surface area contributed by atoms with Gasteiger partial charge in [-0.1, -0.05) is 60.4 Å². The number of para-hydroxylation sites is 2. The van der Waals surface area contributed by atoms with Gasteiger partial charge in [0, 0.05) is 11.6 Å². The Morgan fingerprint density at radius 3 is 2.35 bits per heavy atom. The number of hydrogen-bond acceptors (Lipinski definition) is 6. The van der Waals surface area contributed by atoms with Gasteiger partial charge in [0.15, 0.2) is 4.32 Å². The summed E-state index contributed by atoms with van der Waals surface area (Å²) in [4.78, 5) is 25.1. The molecule has 172 valence electrons. The van der Waals surface area contributed by atoms with Crippen LogP contribution in [0.2, 0.25) is 0 Å². The van der Waals surface area contributed by atoms with E-state index in [4.69, 9.17) is 17.0 Å². The highest BCUT2D eigenvalue weighted by atomic mass is 32.2. The average molecular weight is 502 g/mol. The highest BCUT2D eigenvalue weighted by molar-refractivity contribution is 8.27. The Morgan fingerprint density at radius 1 is 1.00 bits per heavy atom. The van der Waals surface area contributed by atoms with E-state index in [-0.39, 0.29) is 17.4 Å². The number of thioether (sulfide) groups is 1. The number of hydrogen-bond donors (Lipinski definition) is 0. The number of thiocarbonyl (C=S) groups is 1. The number of nitro benzene ring substituents is 1. The van der Waals surface area contributed by atoms with Crippen LogP contribution in [-0.2, 0) is 11.0 Å². The van der Waals surface area contributed by atoms with Gasteiger partial charge in [-0.25, -0.2) is 0 Å². The maximum absolute atomic E-state index is 13.0. The van der Waals surface area contributed by atoms with Gasteiger partial charge in [0.2, 0.25) is 5.75 Å². The van der Waals surface area contributed by atoms with E-state index < -0.39 is 22.4 Å². The predicted octanol–water partition coefficient (Wildman–Crippen LogP) is 6.81. The quantitative estimate of drug-likeness (QED) is 0.165. The van der Waals surface area contributed by atoms with Crippen LogP contribution in [0.25, 0.3) is 6.08 Å². The van der Waals surface area contributed by atoms with Gasteiger partial charge in [-0.2, -0.15) is 13.2 Å². The fourth-order valence-corrected chi connectivity index (χ4v) is 4.43. The van der Waals surface area contributed by atoms with E-state index in [2.05, 4.69) is 0 Å². The van der Waals surface area contributed by atoms with Gasteiger partial charge in [-0.05, 0) is 36.4 Å². The number of carbonyl (C=O) groups excluding carboxylic acids is 1. The van der Waals surface area contributed by atoms with Crippen molar-refractivity contribution in [3.8, 4) is 11.5 Å². The predicted molar refractivity (Wildman–Crippen MR) is 127 cm³/mol. The molecule has 0 bridgehead atoms. The Labute approximate surface area is 200 Å². The molecule has 0 radical (unpaired) electrons. The first-order chi connectivity index (χ1) is 16.1. The SMILES string of the molecule is O=C1/C(=C\c2ccccc2Oc2ccc(C(F)(F)F)cc2[N+](=O)[O-])SC(=S)N1c1ccccc1. The number of nitrogens with zero attached hydrogens (tertiary/aromatic N) is 2. The molecule has 3 aromatic carbocycles. The second-order valence-corrected chi connectivity index (χ2v) is 8.61. The fourth-order valence-electron chi connectivity index (χ4n) is 3.14. The molecule has 0 N–H and O–H groups in total. The van der Waals surface area contributed by atoms with Gasteiger partial charge in [0.25, 0.3) is 5.91 Å². The van der Waals surface area contributed by atoms with Gasteiger partial charge in [-0.3, -0.25) is 19.8 Å². The number of alkyl halides is 3. The van der Waals surface area contributed by atoms with E-state index in [1.807, 2.05) is 6.07 Å². The maximum atomic E-state index is 13.0. The molecule has 6 nitrogen and oxygen atoms in total. The zero-order valence-electron chi connectivity index (χ0n) is 17.0. The molecule has 0 unspecified atom stereocenters. The summed E-state index contributed by atoms with van der Waals surface area (Å²) in [5, 5.41) is 11.4. The monoisotopic (exact) mass is 502 g/mol. The molecule has 0 spiro atoms. The minimum atomic E-state index is -4.74. The van der Waals surface area contributed by atoms with Crippen LogP contribution in [0.1, 0.15) is 11.1 Å². The molecule has 11 heteroatoms. The lowest BCUT2D eigenvalue weighted by Gasteiger charge is -2.14. The molecule has 1 amide bonds. The molecule has 34 heavy (non-hydrogen) atoms. The van der Waals surface area contributed by atoms with Crippen molar-refractivity contribution in [3.05, 3.63) is 98.9 Å². The van der Waals surface area contributed by atoms with Gasteiger partial charge in [0.1, 0.15) is 5.75 Å². The van der Waals surface area contributed by atoms with Crippen LogP contribution >= 0.6 is 24.0 Å². The maximum Gasteiger partial charge on any atom is 0.416 e. The summed E-state index contributed by atoms with van der Waals surface area (Å²) in [6.45, 7) is 0. The van der Waals surface area contributed by atoms with E-state index in [9.17, 15) is 28.1 Å². The van der Waals surface area contributed by atoms with Crippen molar-refractivity contribution in [3.63, 3.8) is 0 Å². The minimum absolute atomic E-state index is 0.121. The Morgan fingerprint density at radius 2 is 1.68 bits per heavy atom. The molecule has 1 heterocycles. The summed E-state index contributed by atoms with van der Waals surface area (Å²) in [5.41, 5.74) is -0.993. The van der Waals surface area contributed by atoms with Crippen molar-refractivity contribution in [1.29, 1.82) is 0 Å². The lowest BCUT2D eigenvalue weighted by atomic mass is 10.1. The number of carbonyl (C=O) groups is 1. The molecule has 0 atom stereocenters. The number of anilines is 1. The topological polar surface area (TPSA) is 72.7 Å². The average Bonchev–Trinajstić information content (AvgIpc) is 3.07. The van der Waals surface area contributed by atoms with Gasteiger partial charge in [0.05, 0.1) is 21.1 Å². The Balaban J connectivity index is 1.68.